The van der Waals surface area contributed by atoms with Crippen LogP contribution in [-0.2, 0) is 4.79 Å². The van der Waals surface area contributed by atoms with Crippen LogP contribution in [0.5, 0.6) is 0 Å². The Bertz CT molecular complexity index is 773. The first-order valence-corrected chi connectivity index (χ1v) is 8.06. The Morgan fingerprint density at radius 2 is 1.96 bits per heavy atom. The fourth-order valence-electron chi connectivity index (χ4n) is 3.75. The van der Waals surface area contributed by atoms with Crippen molar-refractivity contribution in [3.63, 3.8) is 0 Å². The number of benzene rings is 1. The van der Waals surface area contributed by atoms with Crippen molar-refractivity contribution < 1.29 is 9.59 Å². The number of nitrogens with one attached hydrogen (secondary N) is 1. The molecule has 0 saturated carbocycles. The molecule has 1 aromatic carbocycles. The van der Waals surface area contributed by atoms with E-state index in [0.717, 1.165) is 30.2 Å². The number of amides is 2. The number of hydrogen-bond acceptors (Lipinski definition) is 3. The van der Waals surface area contributed by atoms with Crippen molar-refractivity contribution in [3.05, 3.63) is 42.2 Å². The number of piperidine rings is 1. The van der Waals surface area contributed by atoms with Gasteiger partial charge in [0.2, 0.25) is 5.91 Å². The quantitative estimate of drug-likeness (QED) is 0.876. The summed E-state index contributed by atoms with van der Waals surface area (Å²) in [4.78, 5) is 30.5. The lowest BCUT2D eigenvalue weighted by atomic mass is 9.77. The standard InChI is InChI=1S/C18H19N3O2/c22-16-9-18(12-20-16)5-7-21(8-6-18)17(23)15-11-19-10-13-3-1-2-4-14(13)15/h1-4,10-11H,5-9,12H2,(H,20,22). The van der Waals surface area contributed by atoms with Crippen molar-refractivity contribution in [1.82, 2.24) is 15.2 Å². The summed E-state index contributed by atoms with van der Waals surface area (Å²) in [5, 5.41) is 4.86. The van der Waals surface area contributed by atoms with Gasteiger partial charge in [0.25, 0.3) is 5.91 Å². The molecule has 0 unspecified atom stereocenters. The second-order valence-electron chi connectivity index (χ2n) is 6.65. The van der Waals surface area contributed by atoms with Crippen LogP contribution in [0.25, 0.3) is 10.8 Å². The van der Waals surface area contributed by atoms with Crippen LogP contribution in [0.4, 0.5) is 0 Å². The molecule has 5 heteroatoms. The maximum atomic E-state index is 12.9. The third-order valence-electron chi connectivity index (χ3n) is 5.21. The average molecular weight is 309 g/mol. The summed E-state index contributed by atoms with van der Waals surface area (Å²) in [7, 11) is 0. The molecule has 4 rings (SSSR count). The van der Waals surface area contributed by atoms with E-state index in [0.29, 0.717) is 25.1 Å². The minimum atomic E-state index is 0.0430. The maximum Gasteiger partial charge on any atom is 0.256 e. The van der Waals surface area contributed by atoms with Crippen LogP contribution in [0, 0.1) is 5.41 Å². The number of likely N-dealkylation sites (tertiary alicyclic amines) is 1. The first kappa shape index (κ1) is 14.2. The molecule has 0 radical (unpaired) electrons. The van der Waals surface area contributed by atoms with Gasteiger partial charge in [0, 0.05) is 43.8 Å². The predicted molar refractivity (Wildman–Crippen MR) is 86.9 cm³/mol. The lowest BCUT2D eigenvalue weighted by Crippen LogP contribution is -2.44. The molecule has 23 heavy (non-hydrogen) atoms. The average Bonchev–Trinajstić information content (AvgIpc) is 2.95. The lowest BCUT2D eigenvalue weighted by molar-refractivity contribution is -0.119. The molecule has 3 heterocycles. The van der Waals surface area contributed by atoms with Gasteiger partial charge in [0.15, 0.2) is 0 Å². The molecule has 2 fully saturated rings. The predicted octanol–water partition coefficient (Wildman–Crippen LogP) is 1.98. The maximum absolute atomic E-state index is 12.9. The first-order chi connectivity index (χ1) is 11.2. The van der Waals surface area contributed by atoms with Crippen LogP contribution in [0.3, 0.4) is 0 Å². The Morgan fingerprint density at radius 3 is 2.70 bits per heavy atom. The molecular weight excluding hydrogens is 290 g/mol. The minimum Gasteiger partial charge on any atom is -0.356 e. The molecule has 1 spiro atoms. The highest BCUT2D eigenvalue weighted by molar-refractivity contribution is 6.06. The SMILES string of the molecule is O=C1CC2(CCN(C(=O)c3cncc4ccccc34)CC2)CN1. The second kappa shape index (κ2) is 5.33. The molecule has 0 bridgehead atoms. The fourth-order valence-corrected chi connectivity index (χ4v) is 3.75. The molecule has 2 aromatic rings. The molecule has 0 aliphatic carbocycles. The van der Waals surface area contributed by atoms with E-state index >= 15 is 0 Å². The Kier molecular flexibility index (Phi) is 3.29. The van der Waals surface area contributed by atoms with Gasteiger partial charge in [-0.25, -0.2) is 0 Å². The summed E-state index contributed by atoms with van der Waals surface area (Å²) in [6, 6.07) is 7.84. The molecule has 2 amide bonds. The first-order valence-electron chi connectivity index (χ1n) is 8.06. The van der Waals surface area contributed by atoms with Crippen LogP contribution >= 0.6 is 0 Å². The van der Waals surface area contributed by atoms with Gasteiger partial charge < -0.3 is 10.2 Å². The van der Waals surface area contributed by atoms with E-state index in [4.69, 9.17) is 0 Å². The zero-order valence-corrected chi connectivity index (χ0v) is 12.9. The highest BCUT2D eigenvalue weighted by Gasteiger charge is 2.41. The van der Waals surface area contributed by atoms with Crippen molar-refractivity contribution in [3.8, 4) is 0 Å². The molecule has 2 aliphatic rings. The number of carbonyl (C=O) groups is 2. The van der Waals surface area contributed by atoms with Gasteiger partial charge in [-0.05, 0) is 23.6 Å². The number of hydrogen-bond donors (Lipinski definition) is 1. The summed E-state index contributed by atoms with van der Waals surface area (Å²) in [5.74, 6) is 0.185. The number of rotatable bonds is 1. The monoisotopic (exact) mass is 309 g/mol. The van der Waals surface area contributed by atoms with Crippen molar-refractivity contribution >= 4 is 22.6 Å². The molecular formula is C18H19N3O2. The van der Waals surface area contributed by atoms with Gasteiger partial charge in [0.05, 0.1) is 5.56 Å². The molecule has 0 atom stereocenters. The Hall–Kier alpha value is -2.43. The molecule has 2 saturated heterocycles. The van der Waals surface area contributed by atoms with Gasteiger partial charge in [-0.3, -0.25) is 14.6 Å². The van der Waals surface area contributed by atoms with E-state index in [1.54, 1.807) is 12.4 Å². The number of fused-ring (bicyclic) bond motifs is 1. The second-order valence-corrected chi connectivity index (χ2v) is 6.65. The van der Waals surface area contributed by atoms with E-state index in [1.807, 2.05) is 29.2 Å². The van der Waals surface area contributed by atoms with E-state index in [2.05, 4.69) is 10.3 Å². The van der Waals surface area contributed by atoms with E-state index < -0.39 is 0 Å². The number of pyridine rings is 1. The molecule has 1 aromatic heterocycles. The number of aromatic nitrogens is 1. The van der Waals surface area contributed by atoms with Crippen LogP contribution in [0.15, 0.2) is 36.7 Å². The topological polar surface area (TPSA) is 62.3 Å². The molecule has 1 N–H and O–H groups in total. The smallest absolute Gasteiger partial charge is 0.256 e. The summed E-state index contributed by atoms with van der Waals surface area (Å²) >= 11 is 0. The van der Waals surface area contributed by atoms with E-state index in [-0.39, 0.29) is 17.2 Å². The fraction of sp³-hybridized carbons (Fsp3) is 0.389. The Labute approximate surface area is 134 Å². The zero-order chi connectivity index (χ0) is 15.9. The van der Waals surface area contributed by atoms with Crippen LogP contribution < -0.4 is 5.32 Å². The van der Waals surface area contributed by atoms with Gasteiger partial charge in [-0.2, -0.15) is 0 Å². The van der Waals surface area contributed by atoms with Gasteiger partial charge in [-0.15, -0.1) is 0 Å². The highest BCUT2D eigenvalue weighted by atomic mass is 16.2. The van der Waals surface area contributed by atoms with Crippen LogP contribution in [0.2, 0.25) is 0 Å². The largest absolute Gasteiger partial charge is 0.356 e. The Balaban J connectivity index is 1.55. The summed E-state index contributed by atoms with van der Waals surface area (Å²) in [6.45, 7) is 2.16. The normalized spacial score (nSPS) is 20.0. The van der Waals surface area contributed by atoms with Gasteiger partial charge in [0.1, 0.15) is 0 Å². The minimum absolute atomic E-state index is 0.0430. The van der Waals surface area contributed by atoms with Crippen molar-refractivity contribution in [1.29, 1.82) is 0 Å². The van der Waals surface area contributed by atoms with Gasteiger partial charge in [-0.1, -0.05) is 24.3 Å². The van der Waals surface area contributed by atoms with Gasteiger partial charge >= 0.3 is 0 Å². The summed E-state index contributed by atoms with van der Waals surface area (Å²) in [6.07, 6.45) is 5.82. The third-order valence-corrected chi connectivity index (χ3v) is 5.21. The van der Waals surface area contributed by atoms with Crippen molar-refractivity contribution in [2.75, 3.05) is 19.6 Å². The Morgan fingerprint density at radius 1 is 1.17 bits per heavy atom. The van der Waals surface area contributed by atoms with Crippen LogP contribution in [0.1, 0.15) is 29.6 Å². The summed E-state index contributed by atoms with van der Waals surface area (Å²) < 4.78 is 0. The van der Waals surface area contributed by atoms with Crippen LogP contribution in [-0.4, -0.2) is 41.3 Å². The van der Waals surface area contributed by atoms with Crippen molar-refractivity contribution in [2.45, 2.75) is 19.3 Å². The van der Waals surface area contributed by atoms with E-state index in [9.17, 15) is 9.59 Å². The lowest BCUT2D eigenvalue weighted by Gasteiger charge is -2.38. The molecule has 118 valence electrons. The number of nitrogens with zero attached hydrogens (tertiary/aromatic N) is 2. The molecule has 2 aliphatic heterocycles. The van der Waals surface area contributed by atoms with Crippen molar-refractivity contribution in [2.24, 2.45) is 5.41 Å². The zero-order valence-electron chi connectivity index (χ0n) is 12.9. The number of carbonyl (C=O) groups excluding carboxylic acids is 2. The van der Waals surface area contributed by atoms with E-state index in [1.165, 1.54) is 0 Å². The third kappa shape index (κ3) is 2.46. The molecule has 5 nitrogen and oxygen atoms in total. The summed E-state index contributed by atoms with van der Waals surface area (Å²) in [5.41, 5.74) is 0.727. The highest BCUT2D eigenvalue weighted by Crippen LogP contribution is 2.37.